The van der Waals surface area contributed by atoms with Crippen LogP contribution in [0.15, 0.2) is 53.4 Å². The molecule has 2 unspecified atom stereocenters. The predicted molar refractivity (Wildman–Crippen MR) is 101 cm³/mol. The average molecular weight is 375 g/mol. The van der Waals surface area contributed by atoms with Gasteiger partial charge in [-0.1, -0.05) is 29.8 Å². The molecule has 2 aromatic carbocycles. The highest BCUT2D eigenvalue weighted by Crippen LogP contribution is 2.30. The summed E-state index contributed by atoms with van der Waals surface area (Å²) in [5.74, 6) is 0.666. The third-order valence-electron chi connectivity index (χ3n) is 4.57. The lowest BCUT2D eigenvalue weighted by molar-refractivity contribution is -0.0288. The van der Waals surface area contributed by atoms with Gasteiger partial charge in [0.15, 0.2) is 0 Å². The molecule has 6 heteroatoms. The van der Waals surface area contributed by atoms with Crippen LogP contribution in [0.1, 0.15) is 31.1 Å². The van der Waals surface area contributed by atoms with Crippen LogP contribution in [0.4, 0.5) is 0 Å². The maximum Gasteiger partial charge on any atom is 0.243 e. The van der Waals surface area contributed by atoms with Crippen molar-refractivity contribution in [2.45, 2.75) is 37.8 Å². The Balaban J connectivity index is 1.83. The molecule has 3 rings (SSSR count). The Bertz CT molecular complexity index is 831. The van der Waals surface area contributed by atoms with Crippen LogP contribution in [-0.4, -0.2) is 38.5 Å². The molecule has 1 saturated heterocycles. The van der Waals surface area contributed by atoms with Crippen molar-refractivity contribution in [3.8, 4) is 5.75 Å². The highest BCUT2D eigenvalue weighted by Gasteiger charge is 2.36. The zero-order valence-electron chi connectivity index (χ0n) is 15.4. The Morgan fingerprint density at radius 3 is 2.38 bits per heavy atom. The van der Waals surface area contributed by atoms with Crippen LogP contribution >= 0.6 is 0 Å². The molecular weight excluding hydrogens is 350 g/mol. The summed E-state index contributed by atoms with van der Waals surface area (Å²) < 4.78 is 39.1. The van der Waals surface area contributed by atoms with E-state index in [-0.39, 0.29) is 17.0 Å². The fraction of sp³-hybridized carbons (Fsp3) is 0.400. The third-order valence-corrected chi connectivity index (χ3v) is 6.56. The molecule has 2 aromatic rings. The number of sulfonamides is 1. The zero-order valence-corrected chi connectivity index (χ0v) is 16.2. The SMILES string of the molecule is CCOc1ccc(S(=O)(=O)N2CC(c3ccc(C)cc3)OCC2C)cc1. The molecule has 1 heterocycles. The molecule has 0 bridgehead atoms. The number of nitrogens with zero attached hydrogens (tertiary/aromatic N) is 1. The normalized spacial score (nSPS) is 21.5. The van der Waals surface area contributed by atoms with E-state index in [0.29, 0.717) is 25.5 Å². The molecule has 0 aliphatic carbocycles. The number of morpholine rings is 1. The van der Waals surface area contributed by atoms with Gasteiger partial charge in [-0.3, -0.25) is 0 Å². The molecule has 0 amide bonds. The fourth-order valence-corrected chi connectivity index (χ4v) is 4.68. The van der Waals surface area contributed by atoms with Crippen LogP contribution < -0.4 is 4.74 Å². The number of aryl methyl sites for hydroxylation is 1. The van der Waals surface area contributed by atoms with Gasteiger partial charge >= 0.3 is 0 Å². The number of hydrogen-bond acceptors (Lipinski definition) is 4. The van der Waals surface area contributed by atoms with E-state index >= 15 is 0 Å². The Morgan fingerprint density at radius 2 is 1.77 bits per heavy atom. The van der Waals surface area contributed by atoms with Crippen LogP contribution in [0.25, 0.3) is 0 Å². The van der Waals surface area contributed by atoms with Crippen molar-refractivity contribution in [2.24, 2.45) is 0 Å². The van der Waals surface area contributed by atoms with E-state index in [1.165, 1.54) is 4.31 Å². The molecule has 26 heavy (non-hydrogen) atoms. The summed E-state index contributed by atoms with van der Waals surface area (Å²) in [6, 6.07) is 14.4. The summed E-state index contributed by atoms with van der Waals surface area (Å²) in [7, 11) is -3.59. The average Bonchev–Trinajstić information content (AvgIpc) is 2.63. The first-order valence-electron chi connectivity index (χ1n) is 8.84. The molecule has 5 nitrogen and oxygen atoms in total. The van der Waals surface area contributed by atoms with Crippen molar-refractivity contribution in [3.05, 3.63) is 59.7 Å². The van der Waals surface area contributed by atoms with Gasteiger partial charge in [0.05, 0.1) is 24.2 Å². The van der Waals surface area contributed by atoms with Crippen molar-refractivity contribution >= 4 is 10.0 Å². The standard InChI is InChI=1S/C20H25NO4S/c1-4-24-18-9-11-19(12-10-18)26(22,23)21-13-20(25-14-16(21)3)17-7-5-15(2)6-8-17/h5-12,16,20H,4,13-14H2,1-3H3. The predicted octanol–water partition coefficient (Wildman–Crippen LogP) is 3.54. The summed E-state index contributed by atoms with van der Waals surface area (Å²) >= 11 is 0. The molecule has 0 aromatic heterocycles. The second-order valence-electron chi connectivity index (χ2n) is 6.56. The van der Waals surface area contributed by atoms with Crippen molar-refractivity contribution in [1.29, 1.82) is 0 Å². The summed E-state index contributed by atoms with van der Waals surface area (Å²) in [6.07, 6.45) is -0.260. The number of hydrogen-bond donors (Lipinski definition) is 0. The van der Waals surface area contributed by atoms with Gasteiger partial charge in [0.1, 0.15) is 5.75 Å². The second-order valence-corrected chi connectivity index (χ2v) is 8.45. The van der Waals surface area contributed by atoms with Gasteiger partial charge in [-0.15, -0.1) is 0 Å². The first-order valence-corrected chi connectivity index (χ1v) is 10.3. The van der Waals surface area contributed by atoms with Crippen LogP contribution in [0, 0.1) is 6.92 Å². The van der Waals surface area contributed by atoms with E-state index < -0.39 is 10.0 Å². The Hall–Kier alpha value is -1.89. The molecule has 0 saturated carbocycles. The maximum atomic E-state index is 13.1. The number of rotatable bonds is 5. The maximum absolute atomic E-state index is 13.1. The van der Waals surface area contributed by atoms with Gasteiger partial charge in [-0.2, -0.15) is 4.31 Å². The van der Waals surface area contributed by atoms with Gasteiger partial charge in [-0.05, 0) is 50.6 Å². The van der Waals surface area contributed by atoms with Crippen LogP contribution in [0.2, 0.25) is 0 Å². The van der Waals surface area contributed by atoms with Crippen LogP contribution in [0.5, 0.6) is 5.75 Å². The highest BCUT2D eigenvalue weighted by atomic mass is 32.2. The van der Waals surface area contributed by atoms with Crippen molar-refractivity contribution in [2.75, 3.05) is 19.8 Å². The van der Waals surface area contributed by atoms with E-state index in [9.17, 15) is 8.42 Å². The Morgan fingerprint density at radius 1 is 1.12 bits per heavy atom. The molecule has 1 fully saturated rings. The molecule has 0 N–H and O–H groups in total. The number of benzene rings is 2. The molecular formula is C20H25NO4S. The van der Waals surface area contributed by atoms with E-state index in [1.807, 2.05) is 45.0 Å². The van der Waals surface area contributed by atoms with Gasteiger partial charge < -0.3 is 9.47 Å². The summed E-state index contributed by atoms with van der Waals surface area (Å²) in [5.41, 5.74) is 2.16. The van der Waals surface area contributed by atoms with Crippen LogP contribution in [-0.2, 0) is 14.8 Å². The van der Waals surface area contributed by atoms with Gasteiger partial charge in [0.2, 0.25) is 10.0 Å². The summed E-state index contributed by atoms with van der Waals surface area (Å²) in [6.45, 7) is 7.01. The van der Waals surface area contributed by atoms with Gasteiger partial charge in [0.25, 0.3) is 0 Å². The second kappa shape index (κ2) is 7.78. The zero-order chi connectivity index (χ0) is 18.7. The van der Waals surface area contributed by atoms with Gasteiger partial charge in [-0.25, -0.2) is 8.42 Å². The van der Waals surface area contributed by atoms with Crippen molar-refractivity contribution < 1.29 is 17.9 Å². The van der Waals surface area contributed by atoms with Crippen LogP contribution in [0.3, 0.4) is 0 Å². The van der Waals surface area contributed by atoms with E-state index in [2.05, 4.69) is 0 Å². The van der Waals surface area contributed by atoms with E-state index in [0.717, 1.165) is 11.1 Å². The minimum absolute atomic E-state index is 0.215. The highest BCUT2D eigenvalue weighted by molar-refractivity contribution is 7.89. The topological polar surface area (TPSA) is 55.8 Å². The van der Waals surface area contributed by atoms with Gasteiger partial charge in [0, 0.05) is 12.6 Å². The first kappa shape index (κ1) is 18.9. The monoisotopic (exact) mass is 375 g/mol. The first-order chi connectivity index (χ1) is 12.4. The lowest BCUT2D eigenvalue weighted by Gasteiger charge is -2.37. The summed E-state index contributed by atoms with van der Waals surface area (Å²) in [4.78, 5) is 0.275. The molecule has 0 radical (unpaired) electrons. The third kappa shape index (κ3) is 3.92. The number of ether oxygens (including phenoxy) is 2. The fourth-order valence-electron chi connectivity index (χ4n) is 3.06. The molecule has 140 valence electrons. The summed E-state index contributed by atoms with van der Waals surface area (Å²) in [5, 5.41) is 0. The quantitative estimate of drug-likeness (QED) is 0.802. The minimum atomic E-state index is -3.59. The van der Waals surface area contributed by atoms with Crippen molar-refractivity contribution in [3.63, 3.8) is 0 Å². The molecule has 0 spiro atoms. The van der Waals surface area contributed by atoms with E-state index in [1.54, 1.807) is 24.3 Å². The Labute approximate surface area is 155 Å². The Kier molecular flexibility index (Phi) is 5.65. The lowest BCUT2D eigenvalue weighted by atomic mass is 10.1. The molecule has 2 atom stereocenters. The largest absolute Gasteiger partial charge is 0.494 e. The lowest BCUT2D eigenvalue weighted by Crippen LogP contribution is -2.48. The molecule has 1 aliphatic rings. The molecule has 1 aliphatic heterocycles. The minimum Gasteiger partial charge on any atom is -0.494 e. The van der Waals surface area contributed by atoms with E-state index in [4.69, 9.17) is 9.47 Å². The smallest absolute Gasteiger partial charge is 0.243 e. The van der Waals surface area contributed by atoms with Crippen molar-refractivity contribution in [1.82, 2.24) is 4.31 Å².